The van der Waals surface area contributed by atoms with Crippen LogP contribution in [0.25, 0.3) is 0 Å². The molecule has 0 atom stereocenters. The molecule has 0 radical (unpaired) electrons. The summed E-state index contributed by atoms with van der Waals surface area (Å²) >= 11 is -0.216. The Balaban J connectivity index is 2.41. The van der Waals surface area contributed by atoms with E-state index in [-0.39, 0.29) is 29.7 Å². The van der Waals surface area contributed by atoms with Crippen molar-refractivity contribution in [2.75, 3.05) is 17.6 Å². The first-order valence-corrected chi connectivity index (χ1v) is 5.27. The van der Waals surface area contributed by atoms with Crippen molar-refractivity contribution in [1.29, 1.82) is 0 Å². The zero-order valence-corrected chi connectivity index (χ0v) is 8.76. The lowest BCUT2D eigenvalue weighted by Gasteiger charge is -2.08. The minimum atomic E-state index is -4.30. The summed E-state index contributed by atoms with van der Waals surface area (Å²) in [6.45, 7) is -0.0927. The molecule has 0 aliphatic carbocycles. The van der Waals surface area contributed by atoms with Gasteiger partial charge in [-0.05, 0) is 23.9 Å². The van der Waals surface area contributed by atoms with Crippen molar-refractivity contribution in [3.63, 3.8) is 0 Å². The summed E-state index contributed by atoms with van der Waals surface area (Å²) in [5.41, 5.74) is -4.44. The summed E-state index contributed by atoms with van der Waals surface area (Å²) in [4.78, 5) is 0. The van der Waals surface area contributed by atoms with Crippen LogP contribution in [0.5, 0.6) is 0 Å². The first-order chi connectivity index (χ1) is 7.40. The average molecular weight is 257 g/mol. The Morgan fingerprint density at radius 2 is 1.88 bits per heavy atom. The van der Waals surface area contributed by atoms with Gasteiger partial charge in [-0.1, -0.05) is 6.07 Å². The number of hydrogen-bond acceptors (Lipinski definition) is 2. The molecule has 1 nitrogen and oxygen atoms in total. The molecule has 0 aliphatic heterocycles. The Hall–Kier alpha value is -0.980. The number of benzene rings is 1. The van der Waals surface area contributed by atoms with Crippen molar-refractivity contribution >= 4 is 17.4 Å². The van der Waals surface area contributed by atoms with Gasteiger partial charge in [-0.2, -0.15) is 13.2 Å². The molecule has 0 saturated carbocycles. The summed E-state index contributed by atoms with van der Waals surface area (Å²) in [5, 5.41) is 2.39. The van der Waals surface area contributed by atoms with Crippen LogP contribution in [0.15, 0.2) is 18.2 Å². The Labute approximate surface area is 93.0 Å². The van der Waals surface area contributed by atoms with Crippen molar-refractivity contribution in [2.45, 2.75) is 5.51 Å². The quantitative estimate of drug-likeness (QED) is 0.653. The van der Waals surface area contributed by atoms with Crippen LogP contribution in [-0.2, 0) is 0 Å². The minimum absolute atomic E-state index is 0.0927. The molecule has 0 aliphatic rings. The molecule has 0 fully saturated rings. The van der Waals surface area contributed by atoms with Crippen molar-refractivity contribution in [3.05, 3.63) is 29.8 Å². The maximum atomic E-state index is 13.0. The van der Waals surface area contributed by atoms with Gasteiger partial charge in [-0.3, -0.25) is 0 Å². The van der Waals surface area contributed by atoms with Gasteiger partial charge < -0.3 is 5.32 Å². The van der Waals surface area contributed by atoms with Crippen LogP contribution in [0, 0.1) is 11.6 Å². The zero-order chi connectivity index (χ0) is 12.2. The molecule has 0 spiro atoms. The Morgan fingerprint density at radius 3 is 2.50 bits per heavy atom. The van der Waals surface area contributed by atoms with E-state index in [9.17, 15) is 22.0 Å². The second kappa shape index (κ2) is 5.38. The zero-order valence-electron chi connectivity index (χ0n) is 7.94. The topological polar surface area (TPSA) is 12.0 Å². The lowest BCUT2D eigenvalue weighted by Crippen LogP contribution is -2.10. The molecule has 0 saturated heterocycles. The largest absolute Gasteiger partial charge is 0.441 e. The molecule has 1 N–H and O–H groups in total. The van der Waals surface area contributed by atoms with Crippen LogP contribution in [0.4, 0.5) is 27.6 Å². The monoisotopic (exact) mass is 257 g/mol. The smallest absolute Gasteiger partial charge is 0.382 e. The van der Waals surface area contributed by atoms with Crippen molar-refractivity contribution < 1.29 is 22.0 Å². The molecular formula is C9H8F5NS. The Kier molecular flexibility index (Phi) is 4.40. The molecule has 7 heteroatoms. The molecule has 16 heavy (non-hydrogen) atoms. The van der Waals surface area contributed by atoms with Gasteiger partial charge in [-0.25, -0.2) is 8.78 Å². The van der Waals surface area contributed by atoms with E-state index in [0.29, 0.717) is 0 Å². The minimum Gasteiger partial charge on any atom is -0.382 e. The maximum Gasteiger partial charge on any atom is 0.441 e. The molecule has 1 aromatic carbocycles. The lowest BCUT2D eigenvalue weighted by molar-refractivity contribution is -0.0327. The third-order valence-corrected chi connectivity index (χ3v) is 2.37. The van der Waals surface area contributed by atoms with Gasteiger partial charge in [0.2, 0.25) is 0 Å². The fraction of sp³-hybridized carbons (Fsp3) is 0.333. The highest BCUT2D eigenvalue weighted by atomic mass is 32.2. The standard InChI is InChI=1S/C9H8F5NS/c10-6-2-1-3-7(8(6)11)15-4-5-16-9(12,13)14/h1-3,15H,4-5H2. The molecule has 0 unspecified atom stereocenters. The van der Waals surface area contributed by atoms with Crippen LogP contribution in [0.2, 0.25) is 0 Å². The third kappa shape index (κ3) is 4.26. The fourth-order valence-corrected chi connectivity index (χ4v) is 1.43. The van der Waals surface area contributed by atoms with Crippen LogP contribution in [-0.4, -0.2) is 17.8 Å². The first kappa shape index (κ1) is 13.1. The predicted octanol–water partition coefficient (Wildman–Crippen LogP) is 3.63. The lowest BCUT2D eigenvalue weighted by atomic mass is 10.3. The highest BCUT2D eigenvalue weighted by Gasteiger charge is 2.27. The van der Waals surface area contributed by atoms with Crippen LogP contribution in [0.1, 0.15) is 0 Å². The number of nitrogens with one attached hydrogen (secondary N) is 1. The number of anilines is 1. The third-order valence-electron chi connectivity index (χ3n) is 1.63. The molecule has 0 bridgehead atoms. The van der Waals surface area contributed by atoms with Gasteiger partial charge in [0.25, 0.3) is 0 Å². The summed E-state index contributed by atoms with van der Waals surface area (Å²) in [7, 11) is 0. The molecule has 90 valence electrons. The van der Waals surface area contributed by atoms with E-state index < -0.39 is 17.1 Å². The molecule has 0 heterocycles. The summed E-state index contributed by atoms with van der Waals surface area (Å²) in [5.74, 6) is -2.38. The van der Waals surface area contributed by atoms with Crippen LogP contribution in [0.3, 0.4) is 0 Å². The van der Waals surface area contributed by atoms with Gasteiger partial charge >= 0.3 is 5.51 Å². The average Bonchev–Trinajstić information content (AvgIpc) is 2.17. The van der Waals surface area contributed by atoms with Gasteiger partial charge in [-0.15, -0.1) is 0 Å². The number of rotatable bonds is 4. The first-order valence-electron chi connectivity index (χ1n) is 4.29. The number of halogens is 5. The molecule has 1 aromatic rings. The van der Waals surface area contributed by atoms with Crippen molar-refractivity contribution in [1.82, 2.24) is 0 Å². The van der Waals surface area contributed by atoms with Gasteiger partial charge in [0, 0.05) is 12.3 Å². The maximum absolute atomic E-state index is 13.0. The summed E-state index contributed by atoms with van der Waals surface area (Å²) < 4.78 is 60.9. The molecule has 0 amide bonds. The summed E-state index contributed by atoms with van der Waals surface area (Å²) in [6, 6.07) is 3.47. The van der Waals surface area contributed by atoms with Crippen LogP contribution >= 0.6 is 11.8 Å². The van der Waals surface area contributed by atoms with E-state index in [1.807, 2.05) is 0 Å². The fourth-order valence-electron chi connectivity index (χ4n) is 0.993. The highest BCUT2D eigenvalue weighted by molar-refractivity contribution is 8.00. The molecule has 1 rings (SSSR count). The normalized spacial score (nSPS) is 11.6. The number of alkyl halides is 3. The highest BCUT2D eigenvalue weighted by Crippen LogP contribution is 2.29. The Morgan fingerprint density at radius 1 is 1.19 bits per heavy atom. The molecular weight excluding hydrogens is 249 g/mol. The van der Waals surface area contributed by atoms with Gasteiger partial charge in [0.15, 0.2) is 11.6 Å². The summed E-state index contributed by atoms with van der Waals surface area (Å²) in [6.07, 6.45) is 0. The van der Waals surface area contributed by atoms with Gasteiger partial charge in [0.05, 0.1) is 5.69 Å². The van der Waals surface area contributed by atoms with Crippen LogP contribution < -0.4 is 5.32 Å². The number of hydrogen-bond donors (Lipinski definition) is 1. The van der Waals surface area contributed by atoms with E-state index in [1.165, 1.54) is 12.1 Å². The van der Waals surface area contributed by atoms with Crippen molar-refractivity contribution in [3.8, 4) is 0 Å². The van der Waals surface area contributed by atoms with E-state index in [2.05, 4.69) is 5.32 Å². The SMILES string of the molecule is Fc1cccc(NCCSC(F)(F)F)c1F. The van der Waals surface area contributed by atoms with Gasteiger partial charge in [0.1, 0.15) is 0 Å². The van der Waals surface area contributed by atoms with E-state index in [4.69, 9.17) is 0 Å². The Bertz CT molecular complexity index is 352. The second-order valence-electron chi connectivity index (χ2n) is 2.82. The second-order valence-corrected chi connectivity index (χ2v) is 3.98. The van der Waals surface area contributed by atoms with E-state index in [0.717, 1.165) is 6.07 Å². The molecule has 0 aromatic heterocycles. The van der Waals surface area contributed by atoms with E-state index in [1.54, 1.807) is 0 Å². The number of thioether (sulfide) groups is 1. The predicted molar refractivity (Wildman–Crippen MR) is 53.4 cm³/mol. The van der Waals surface area contributed by atoms with E-state index >= 15 is 0 Å². The van der Waals surface area contributed by atoms with Crippen molar-refractivity contribution in [2.24, 2.45) is 0 Å².